The van der Waals surface area contributed by atoms with Gasteiger partial charge in [-0.15, -0.1) is 0 Å². The van der Waals surface area contributed by atoms with E-state index in [4.69, 9.17) is 5.84 Å². The van der Waals surface area contributed by atoms with E-state index in [0.29, 0.717) is 6.04 Å². The molecule has 0 unspecified atom stereocenters. The third-order valence-electron chi connectivity index (χ3n) is 3.19. The molecule has 16 heavy (non-hydrogen) atoms. The molecule has 1 saturated carbocycles. The molecule has 2 aliphatic rings. The summed E-state index contributed by atoms with van der Waals surface area (Å²) in [6, 6.07) is 0.602. The molecule has 0 amide bonds. The van der Waals surface area contributed by atoms with Crippen LogP contribution < -0.4 is 16.6 Å². The number of nitrogens with one attached hydrogen (secondary N) is 2. The second-order valence-corrected chi connectivity index (χ2v) is 4.70. The summed E-state index contributed by atoms with van der Waals surface area (Å²) in [4.78, 5) is 6.93. The van der Waals surface area contributed by atoms with Crippen LogP contribution in [0.15, 0.2) is 4.99 Å². The first-order chi connectivity index (χ1) is 7.88. The Labute approximate surface area is 97.4 Å². The molecule has 4 N–H and O–H groups in total. The molecule has 0 atom stereocenters. The van der Waals surface area contributed by atoms with Crippen LogP contribution in [0.25, 0.3) is 0 Å². The molecule has 0 aromatic heterocycles. The van der Waals surface area contributed by atoms with E-state index in [2.05, 4.69) is 20.6 Å². The maximum Gasteiger partial charge on any atom is 0.205 e. The summed E-state index contributed by atoms with van der Waals surface area (Å²) in [5, 5.41) is 3.27. The number of rotatable bonds is 4. The Morgan fingerprint density at radius 2 is 2.00 bits per heavy atom. The van der Waals surface area contributed by atoms with E-state index in [1.165, 1.54) is 45.2 Å². The molecule has 0 aromatic carbocycles. The summed E-state index contributed by atoms with van der Waals surface area (Å²) in [7, 11) is 0. The lowest BCUT2D eigenvalue weighted by Gasteiger charge is -2.25. The molecule has 1 aliphatic carbocycles. The van der Waals surface area contributed by atoms with Crippen molar-refractivity contribution >= 4 is 5.96 Å². The summed E-state index contributed by atoms with van der Waals surface area (Å²) in [6.07, 6.45) is 6.55. The van der Waals surface area contributed by atoms with Gasteiger partial charge in [-0.25, -0.2) is 5.84 Å². The predicted octanol–water partition coefficient (Wildman–Crippen LogP) is 0.0436. The number of piperidine rings is 1. The van der Waals surface area contributed by atoms with Crippen LogP contribution >= 0.6 is 0 Å². The summed E-state index contributed by atoms with van der Waals surface area (Å²) in [5.41, 5.74) is 2.63. The van der Waals surface area contributed by atoms with E-state index in [0.717, 1.165) is 19.0 Å². The first-order valence-corrected chi connectivity index (χ1v) is 6.38. The van der Waals surface area contributed by atoms with Crippen LogP contribution in [-0.2, 0) is 0 Å². The average molecular weight is 225 g/mol. The van der Waals surface area contributed by atoms with Crippen molar-refractivity contribution in [1.29, 1.82) is 0 Å². The molecule has 92 valence electrons. The molecular weight excluding hydrogens is 202 g/mol. The van der Waals surface area contributed by atoms with Crippen LogP contribution in [0.2, 0.25) is 0 Å². The lowest BCUT2D eigenvalue weighted by molar-refractivity contribution is 0.235. The van der Waals surface area contributed by atoms with Gasteiger partial charge in [0.05, 0.1) is 6.54 Å². The van der Waals surface area contributed by atoms with E-state index < -0.39 is 0 Å². The number of guanidine groups is 1. The number of nitrogens with two attached hydrogens (primary N) is 1. The highest BCUT2D eigenvalue weighted by Gasteiger charge is 2.21. The zero-order chi connectivity index (χ0) is 11.2. The molecule has 2 rings (SSSR count). The zero-order valence-electron chi connectivity index (χ0n) is 9.91. The van der Waals surface area contributed by atoms with E-state index in [9.17, 15) is 0 Å². The molecule has 5 nitrogen and oxygen atoms in total. The molecule has 1 heterocycles. The quantitative estimate of drug-likeness (QED) is 0.274. The largest absolute Gasteiger partial charge is 0.353 e. The minimum Gasteiger partial charge on any atom is -0.353 e. The van der Waals surface area contributed by atoms with E-state index >= 15 is 0 Å². The van der Waals surface area contributed by atoms with Crippen molar-refractivity contribution in [2.45, 2.75) is 38.1 Å². The monoisotopic (exact) mass is 225 g/mol. The van der Waals surface area contributed by atoms with E-state index in [-0.39, 0.29) is 0 Å². The standard InChI is InChI=1S/C11H23N5/c12-15-11(14-10-4-5-10)13-6-9-16-7-2-1-3-8-16/h10H,1-9,12H2,(H2,13,14,15). The van der Waals surface area contributed by atoms with Crippen LogP contribution in [0, 0.1) is 0 Å². The van der Waals surface area contributed by atoms with Gasteiger partial charge in [0.2, 0.25) is 5.96 Å². The van der Waals surface area contributed by atoms with Crippen LogP contribution in [0.3, 0.4) is 0 Å². The molecule has 0 aromatic rings. The number of nitrogens with zero attached hydrogens (tertiary/aromatic N) is 2. The third kappa shape index (κ3) is 3.98. The Hall–Kier alpha value is -0.810. The highest BCUT2D eigenvalue weighted by Crippen LogP contribution is 2.18. The predicted molar refractivity (Wildman–Crippen MR) is 66.1 cm³/mol. The molecule has 0 spiro atoms. The summed E-state index contributed by atoms with van der Waals surface area (Å²) in [5.74, 6) is 6.16. The summed E-state index contributed by atoms with van der Waals surface area (Å²) >= 11 is 0. The summed E-state index contributed by atoms with van der Waals surface area (Å²) in [6.45, 7) is 4.35. The van der Waals surface area contributed by atoms with E-state index in [1.54, 1.807) is 0 Å². The minimum absolute atomic E-state index is 0.602. The maximum atomic E-state index is 5.41. The normalized spacial score (nSPS) is 23.2. The molecular formula is C11H23N5. The van der Waals surface area contributed by atoms with Gasteiger partial charge in [-0.1, -0.05) is 6.42 Å². The third-order valence-corrected chi connectivity index (χ3v) is 3.19. The smallest absolute Gasteiger partial charge is 0.205 e. The first kappa shape index (κ1) is 11.7. The lowest BCUT2D eigenvalue weighted by Crippen LogP contribution is -2.43. The molecule has 0 radical (unpaired) electrons. The highest BCUT2D eigenvalue weighted by molar-refractivity contribution is 5.79. The number of likely N-dealkylation sites (tertiary alicyclic amines) is 1. The molecule has 0 bridgehead atoms. The average Bonchev–Trinajstić information content (AvgIpc) is 3.13. The van der Waals surface area contributed by atoms with Crippen LogP contribution in [0.1, 0.15) is 32.1 Å². The van der Waals surface area contributed by atoms with Crippen molar-refractivity contribution in [3.05, 3.63) is 0 Å². The Morgan fingerprint density at radius 1 is 1.25 bits per heavy atom. The van der Waals surface area contributed by atoms with Gasteiger partial charge in [0.15, 0.2) is 0 Å². The van der Waals surface area contributed by atoms with Crippen molar-refractivity contribution in [3.8, 4) is 0 Å². The summed E-state index contributed by atoms with van der Waals surface area (Å²) < 4.78 is 0. The Morgan fingerprint density at radius 3 is 2.62 bits per heavy atom. The Kier molecular flexibility index (Phi) is 4.42. The molecule has 5 heteroatoms. The fraction of sp³-hybridized carbons (Fsp3) is 0.909. The van der Waals surface area contributed by atoms with Crippen molar-refractivity contribution in [2.24, 2.45) is 10.8 Å². The minimum atomic E-state index is 0.602. The van der Waals surface area contributed by atoms with Crippen LogP contribution in [-0.4, -0.2) is 43.1 Å². The van der Waals surface area contributed by atoms with Gasteiger partial charge in [-0.3, -0.25) is 10.4 Å². The SMILES string of the molecule is NNC(=NCCN1CCCCC1)NC1CC1. The van der Waals surface area contributed by atoms with Gasteiger partial charge in [-0.2, -0.15) is 0 Å². The number of hydrogen-bond acceptors (Lipinski definition) is 3. The van der Waals surface area contributed by atoms with Gasteiger partial charge >= 0.3 is 0 Å². The Bertz CT molecular complexity index is 231. The van der Waals surface area contributed by atoms with Gasteiger partial charge in [0, 0.05) is 12.6 Å². The van der Waals surface area contributed by atoms with Crippen molar-refractivity contribution in [2.75, 3.05) is 26.2 Å². The zero-order valence-corrected chi connectivity index (χ0v) is 9.91. The Balaban J connectivity index is 1.64. The molecule has 2 fully saturated rings. The lowest BCUT2D eigenvalue weighted by atomic mass is 10.1. The number of hydrazine groups is 1. The van der Waals surface area contributed by atoms with Crippen LogP contribution in [0.5, 0.6) is 0 Å². The van der Waals surface area contributed by atoms with Crippen LogP contribution in [0.4, 0.5) is 0 Å². The van der Waals surface area contributed by atoms with Crippen molar-refractivity contribution in [3.63, 3.8) is 0 Å². The topological polar surface area (TPSA) is 65.7 Å². The number of aliphatic imine (C=N–C) groups is 1. The van der Waals surface area contributed by atoms with Gasteiger partial charge in [0.25, 0.3) is 0 Å². The van der Waals surface area contributed by atoms with E-state index in [1.807, 2.05) is 0 Å². The van der Waals surface area contributed by atoms with Gasteiger partial charge in [-0.05, 0) is 38.8 Å². The van der Waals surface area contributed by atoms with Crippen molar-refractivity contribution < 1.29 is 0 Å². The second-order valence-electron chi connectivity index (χ2n) is 4.70. The molecule has 1 aliphatic heterocycles. The highest BCUT2D eigenvalue weighted by atomic mass is 15.3. The van der Waals surface area contributed by atoms with Crippen molar-refractivity contribution in [1.82, 2.24) is 15.6 Å². The fourth-order valence-corrected chi connectivity index (χ4v) is 2.04. The first-order valence-electron chi connectivity index (χ1n) is 6.38. The number of hydrogen-bond donors (Lipinski definition) is 3. The van der Waals surface area contributed by atoms with Gasteiger partial charge in [0.1, 0.15) is 0 Å². The maximum absolute atomic E-state index is 5.41. The second kappa shape index (κ2) is 6.06. The van der Waals surface area contributed by atoms with Gasteiger partial charge < -0.3 is 10.2 Å². The molecule has 1 saturated heterocycles. The fourth-order valence-electron chi connectivity index (χ4n) is 2.04.